The lowest BCUT2D eigenvalue weighted by molar-refractivity contribution is 0.598. The van der Waals surface area contributed by atoms with Gasteiger partial charge in [-0.25, -0.2) is 0 Å². The quantitative estimate of drug-likeness (QED) is 0.528. The van der Waals surface area contributed by atoms with E-state index in [2.05, 4.69) is 50.2 Å². The van der Waals surface area contributed by atoms with E-state index in [0.717, 1.165) is 37.4 Å². The molecule has 1 aromatic heterocycles. The average molecular weight is 458 g/mol. The Kier molecular flexibility index (Phi) is 6.39. The highest BCUT2D eigenvalue weighted by Crippen LogP contribution is 2.39. The third-order valence-electron chi connectivity index (χ3n) is 2.87. The summed E-state index contributed by atoms with van der Waals surface area (Å²) in [6.07, 6.45) is 1.06. The standard InChI is InChI=1S/C14H13Br2Cl2NS/c1-2-5-19-13(10-7-12(17)20-14(10)18)9-4-3-8(15)6-11(9)16/h3-4,6-7,13,19H,2,5H2,1H3. The van der Waals surface area contributed by atoms with Gasteiger partial charge in [0.2, 0.25) is 0 Å². The number of thiophene rings is 1. The molecule has 0 aliphatic heterocycles. The fourth-order valence-electron chi connectivity index (χ4n) is 1.96. The van der Waals surface area contributed by atoms with Gasteiger partial charge in [0.1, 0.15) is 0 Å². The largest absolute Gasteiger partial charge is 0.306 e. The Morgan fingerprint density at radius 3 is 2.50 bits per heavy atom. The van der Waals surface area contributed by atoms with E-state index in [1.807, 2.05) is 18.2 Å². The second kappa shape index (κ2) is 7.61. The Bertz CT molecular complexity index is 601. The summed E-state index contributed by atoms with van der Waals surface area (Å²) < 4.78 is 3.52. The van der Waals surface area contributed by atoms with Crippen molar-refractivity contribution in [2.45, 2.75) is 19.4 Å². The molecule has 0 bridgehead atoms. The van der Waals surface area contributed by atoms with E-state index in [9.17, 15) is 0 Å². The van der Waals surface area contributed by atoms with Gasteiger partial charge in [-0.2, -0.15) is 0 Å². The molecule has 0 saturated heterocycles. The Labute approximate surface area is 149 Å². The van der Waals surface area contributed by atoms with E-state index in [1.165, 1.54) is 11.3 Å². The van der Waals surface area contributed by atoms with Crippen molar-refractivity contribution >= 4 is 66.4 Å². The summed E-state index contributed by atoms with van der Waals surface area (Å²) in [6.45, 7) is 3.06. The first-order chi connectivity index (χ1) is 9.52. The molecule has 1 heterocycles. The monoisotopic (exact) mass is 455 g/mol. The van der Waals surface area contributed by atoms with Gasteiger partial charge in [-0.3, -0.25) is 0 Å². The van der Waals surface area contributed by atoms with E-state index in [-0.39, 0.29) is 6.04 Å². The van der Waals surface area contributed by atoms with Crippen molar-refractivity contribution in [1.82, 2.24) is 5.32 Å². The van der Waals surface area contributed by atoms with Crippen molar-refractivity contribution in [2.24, 2.45) is 0 Å². The maximum Gasteiger partial charge on any atom is 0.0995 e. The molecule has 1 nitrogen and oxygen atoms in total. The Hall–Kier alpha value is 0.420. The highest BCUT2D eigenvalue weighted by molar-refractivity contribution is 9.11. The van der Waals surface area contributed by atoms with E-state index in [4.69, 9.17) is 23.2 Å². The van der Waals surface area contributed by atoms with Crippen molar-refractivity contribution in [3.05, 3.63) is 53.0 Å². The molecule has 2 aromatic rings. The van der Waals surface area contributed by atoms with Crippen LogP contribution in [-0.4, -0.2) is 6.54 Å². The van der Waals surface area contributed by atoms with Crippen LogP contribution in [0.5, 0.6) is 0 Å². The lowest BCUT2D eigenvalue weighted by Gasteiger charge is -2.20. The highest BCUT2D eigenvalue weighted by atomic mass is 79.9. The first kappa shape index (κ1) is 16.8. The van der Waals surface area contributed by atoms with Crippen LogP contribution >= 0.6 is 66.4 Å². The van der Waals surface area contributed by atoms with Crippen LogP contribution in [0, 0.1) is 0 Å². The van der Waals surface area contributed by atoms with Crippen LogP contribution < -0.4 is 5.32 Å². The third-order valence-corrected chi connectivity index (χ3v) is 5.56. The van der Waals surface area contributed by atoms with Gasteiger partial charge in [-0.15, -0.1) is 11.3 Å². The van der Waals surface area contributed by atoms with Crippen LogP contribution in [0.4, 0.5) is 0 Å². The maximum absolute atomic E-state index is 6.32. The normalized spacial score (nSPS) is 12.7. The maximum atomic E-state index is 6.32. The zero-order valence-electron chi connectivity index (χ0n) is 10.7. The minimum atomic E-state index is 0.0358. The zero-order valence-corrected chi connectivity index (χ0v) is 16.2. The molecule has 0 amide bonds. The molecule has 0 aliphatic rings. The van der Waals surface area contributed by atoms with Crippen molar-refractivity contribution in [2.75, 3.05) is 6.54 Å². The predicted octanol–water partition coefficient (Wildman–Crippen LogP) is 6.67. The van der Waals surface area contributed by atoms with Gasteiger partial charge in [0.25, 0.3) is 0 Å². The molecule has 0 saturated carbocycles. The first-order valence-corrected chi connectivity index (χ1v) is 9.31. The summed E-state index contributed by atoms with van der Waals surface area (Å²) in [5.41, 5.74) is 2.18. The smallest absolute Gasteiger partial charge is 0.0995 e. The molecule has 108 valence electrons. The van der Waals surface area contributed by atoms with Crippen LogP contribution in [0.1, 0.15) is 30.5 Å². The van der Waals surface area contributed by atoms with Crippen molar-refractivity contribution in [3.63, 3.8) is 0 Å². The minimum Gasteiger partial charge on any atom is -0.306 e. The second-order valence-electron chi connectivity index (χ2n) is 4.33. The number of rotatable bonds is 5. The summed E-state index contributed by atoms with van der Waals surface area (Å²) in [5.74, 6) is 0. The van der Waals surface area contributed by atoms with Gasteiger partial charge in [0, 0.05) is 14.5 Å². The molecule has 1 atom stereocenters. The third kappa shape index (κ3) is 3.99. The predicted molar refractivity (Wildman–Crippen MR) is 96.3 cm³/mol. The Morgan fingerprint density at radius 2 is 1.95 bits per heavy atom. The molecule has 2 rings (SSSR count). The van der Waals surface area contributed by atoms with Gasteiger partial charge in [-0.1, -0.05) is 68.1 Å². The highest BCUT2D eigenvalue weighted by Gasteiger charge is 2.21. The fourth-order valence-corrected chi connectivity index (χ4v) is 4.77. The van der Waals surface area contributed by atoms with Gasteiger partial charge in [-0.05, 0) is 36.7 Å². The SMILES string of the molecule is CCCNC(c1ccc(Br)cc1Br)c1cc(Cl)sc1Cl. The summed E-state index contributed by atoms with van der Waals surface area (Å²) in [4.78, 5) is 0. The zero-order chi connectivity index (χ0) is 14.7. The van der Waals surface area contributed by atoms with Gasteiger partial charge < -0.3 is 5.32 Å². The van der Waals surface area contributed by atoms with E-state index < -0.39 is 0 Å². The molecule has 0 fully saturated rings. The lowest BCUT2D eigenvalue weighted by atomic mass is 10.0. The van der Waals surface area contributed by atoms with E-state index >= 15 is 0 Å². The average Bonchev–Trinajstić information content (AvgIpc) is 2.71. The van der Waals surface area contributed by atoms with Crippen molar-refractivity contribution in [1.29, 1.82) is 0 Å². The summed E-state index contributed by atoms with van der Waals surface area (Å²) in [6, 6.07) is 8.13. The first-order valence-electron chi connectivity index (χ1n) is 6.16. The molecule has 6 heteroatoms. The Morgan fingerprint density at radius 1 is 1.20 bits per heavy atom. The molecular formula is C14H13Br2Cl2NS. The molecule has 0 spiro atoms. The fraction of sp³-hybridized carbons (Fsp3) is 0.286. The molecular weight excluding hydrogens is 445 g/mol. The van der Waals surface area contributed by atoms with Crippen LogP contribution in [0.2, 0.25) is 8.67 Å². The Balaban J connectivity index is 2.44. The number of hydrogen-bond acceptors (Lipinski definition) is 2. The van der Waals surface area contributed by atoms with Crippen LogP contribution in [0.15, 0.2) is 33.2 Å². The van der Waals surface area contributed by atoms with E-state index in [0.29, 0.717) is 4.34 Å². The molecule has 1 N–H and O–H groups in total. The number of nitrogens with one attached hydrogen (secondary N) is 1. The lowest BCUT2D eigenvalue weighted by Crippen LogP contribution is -2.23. The van der Waals surface area contributed by atoms with Crippen LogP contribution in [-0.2, 0) is 0 Å². The minimum absolute atomic E-state index is 0.0358. The summed E-state index contributed by atoms with van der Waals surface area (Å²) >= 11 is 20.9. The van der Waals surface area contributed by atoms with Crippen molar-refractivity contribution in [3.8, 4) is 0 Å². The molecule has 0 aliphatic carbocycles. The van der Waals surface area contributed by atoms with Gasteiger partial charge in [0.15, 0.2) is 0 Å². The molecule has 1 aromatic carbocycles. The summed E-state index contributed by atoms with van der Waals surface area (Å²) in [5, 5.41) is 3.53. The van der Waals surface area contributed by atoms with Crippen LogP contribution in [0.25, 0.3) is 0 Å². The number of halogens is 4. The number of hydrogen-bond donors (Lipinski definition) is 1. The number of benzene rings is 1. The topological polar surface area (TPSA) is 12.0 Å². The van der Waals surface area contributed by atoms with E-state index in [1.54, 1.807) is 0 Å². The van der Waals surface area contributed by atoms with Crippen LogP contribution in [0.3, 0.4) is 0 Å². The molecule has 1 unspecified atom stereocenters. The summed E-state index contributed by atoms with van der Waals surface area (Å²) in [7, 11) is 0. The van der Waals surface area contributed by atoms with Gasteiger partial charge in [0.05, 0.1) is 14.7 Å². The molecule has 0 radical (unpaired) electrons. The molecule has 20 heavy (non-hydrogen) atoms. The second-order valence-corrected chi connectivity index (χ2v) is 8.39. The van der Waals surface area contributed by atoms with Gasteiger partial charge >= 0.3 is 0 Å². The van der Waals surface area contributed by atoms with Crippen molar-refractivity contribution < 1.29 is 0 Å².